The molecule has 8 nitrogen and oxygen atoms in total. The van der Waals surface area contributed by atoms with E-state index in [-0.39, 0.29) is 5.56 Å². The lowest BCUT2D eigenvalue weighted by Gasteiger charge is -2.25. The molecule has 1 unspecified atom stereocenters. The molecule has 0 saturated heterocycles. The first-order chi connectivity index (χ1) is 12.9. The first-order valence-corrected chi connectivity index (χ1v) is 8.04. The molecule has 2 rings (SSSR count). The number of aliphatic hydroxyl groups excluding tert-OH is 1. The monoisotopic (exact) mass is 369 g/mol. The molecule has 1 aromatic heterocycles. The minimum absolute atomic E-state index is 0.281. The predicted octanol–water partition coefficient (Wildman–Crippen LogP) is 0.131. The van der Waals surface area contributed by atoms with Crippen LogP contribution in [0.25, 0.3) is 0 Å². The van der Waals surface area contributed by atoms with Crippen LogP contribution in [0.1, 0.15) is 27.2 Å². The molecular formula is C19H19N3O5. The fraction of sp³-hybridized carbons (Fsp3) is 0.263. The maximum absolute atomic E-state index is 12.6. The molecule has 1 atom stereocenters. The lowest BCUT2D eigenvalue weighted by Crippen LogP contribution is -2.52. The zero-order valence-corrected chi connectivity index (χ0v) is 15.1. The van der Waals surface area contributed by atoms with Crippen molar-refractivity contribution in [2.45, 2.75) is 13.0 Å². The van der Waals surface area contributed by atoms with Gasteiger partial charge in [-0.25, -0.2) is 0 Å². The van der Waals surface area contributed by atoms with E-state index in [0.29, 0.717) is 16.9 Å². The average Bonchev–Trinajstić information content (AvgIpc) is 3.10. The largest absolute Gasteiger partial charge is 0.388 e. The number of Topliss-reactive ketones (excluding diaryl/α,β-unsaturated/α-hetero) is 1. The van der Waals surface area contributed by atoms with Crippen LogP contribution in [0.4, 0.5) is 0 Å². The van der Waals surface area contributed by atoms with Gasteiger partial charge >= 0.3 is 0 Å². The van der Waals surface area contributed by atoms with Gasteiger partial charge in [-0.05, 0) is 31.2 Å². The second-order valence-electron chi connectivity index (χ2n) is 5.68. The number of aromatic nitrogens is 1. The maximum Gasteiger partial charge on any atom is 0.254 e. The van der Waals surface area contributed by atoms with E-state index in [9.17, 15) is 14.4 Å². The van der Waals surface area contributed by atoms with E-state index in [4.69, 9.17) is 9.63 Å². The minimum atomic E-state index is -1.40. The van der Waals surface area contributed by atoms with Gasteiger partial charge in [-0.1, -0.05) is 17.0 Å². The smallest absolute Gasteiger partial charge is 0.254 e. The third-order valence-electron chi connectivity index (χ3n) is 3.89. The van der Waals surface area contributed by atoms with Gasteiger partial charge in [-0.2, -0.15) is 0 Å². The Morgan fingerprint density at radius 2 is 1.93 bits per heavy atom. The number of carbonyl (C=O) groups is 3. The summed E-state index contributed by atoms with van der Waals surface area (Å²) in [5, 5.41) is 15.0. The summed E-state index contributed by atoms with van der Waals surface area (Å²) in [6.45, 7) is 0.914. The van der Waals surface area contributed by atoms with E-state index in [0.717, 1.165) is 4.90 Å². The summed E-state index contributed by atoms with van der Waals surface area (Å²) in [6.07, 6.45) is 1.52. The number of rotatable bonds is 5. The lowest BCUT2D eigenvalue weighted by atomic mass is 10.1. The molecule has 1 heterocycles. The molecule has 0 aliphatic heterocycles. The van der Waals surface area contributed by atoms with E-state index >= 15 is 0 Å². The maximum atomic E-state index is 12.6. The van der Waals surface area contributed by atoms with Crippen LogP contribution in [0.2, 0.25) is 0 Å². The predicted molar refractivity (Wildman–Crippen MR) is 95.7 cm³/mol. The Morgan fingerprint density at radius 3 is 2.44 bits per heavy atom. The molecule has 0 aliphatic carbocycles. The first-order valence-electron chi connectivity index (χ1n) is 8.04. The Labute approximate surface area is 156 Å². The van der Waals surface area contributed by atoms with Crippen LogP contribution in [0.3, 0.4) is 0 Å². The van der Waals surface area contributed by atoms with E-state index in [1.54, 1.807) is 31.2 Å². The third-order valence-corrected chi connectivity index (χ3v) is 3.89. The SMILES string of the molecule is CNC(=O)C(C(=O)CO)N(C)C(=O)c1ccc(C#Cc2cnoc2C)cc1. The standard InChI is InChI=1S/C19H19N3O5/c1-12-15(10-21-27-12)9-6-13-4-7-14(8-5-13)19(26)22(3)17(16(24)11-23)18(25)20-2/h4-5,7-8,10,17,23H,11H2,1-3H3,(H,20,25). The second kappa shape index (κ2) is 8.78. The molecule has 0 radical (unpaired) electrons. The highest BCUT2D eigenvalue weighted by molar-refractivity contribution is 6.10. The summed E-state index contributed by atoms with van der Waals surface area (Å²) in [5.41, 5.74) is 1.62. The quantitative estimate of drug-likeness (QED) is 0.572. The highest BCUT2D eigenvalue weighted by atomic mass is 16.5. The molecule has 8 heteroatoms. The number of nitrogens with one attached hydrogen (secondary N) is 1. The second-order valence-corrected chi connectivity index (χ2v) is 5.68. The molecule has 2 amide bonds. The van der Waals surface area contributed by atoms with Crippen molar-refractivity contribution in [1.29, 1.82) is 0 Å². The number of amides is 2. The van der Waals surface area contributed by atoms with Crippen LogP contribution in [0.5, 0.6) is 0 Å². The van der Waals surface area contributed by atoms with Crippen molar-refractivity contribution in [2.75, 3.05) is 20.7 Å². The highest BCUT2D eigenvalue weighted by Gasteiger charge is 2.32. The molecule has 0 bridgehead atoms. The van der Waals surface area contributed by atoms with Crippen molar-refractivity contribution in [3.8, 4) is 11.8 Å². The molecule has 0 fully saturated rings. The van der Waals surface area contributed by atoms with Crippen molar-refractivity contribution in [2.24, 2.45) is 0 Å². The molecule has 27 heavy (non-hydrogen) atoms. The van der Waals surface area contributed by atoms with Crippen LogP contribution in [0.15, 0.2) is 35.0 Å². The van der Waals surface area contributed by atoms with Gasteiger partial charge in [-0.3, -0.25) is 14.4 Å². The Hall–Kier alpha value is -3.44. The number of carbonyl (C=O) groups excluding carboxylic acids is 3. The van der Waals surface area contributed by atoms with Crippen molar-refractivity contribution in [1.82, 2.24) is 15.4 Å². The fourth-order valence-corrected chi connectivity index (χ4v) is 2.34. The van der Waals surface area contributed by atoms with Gasteiger partial charge < -0.3 is 19.8 Å². The van der Waals surface area contributed by atoms with Crippen LogP contribution < -0.4 is 5.32 Å². The van der Waals surface area contributed by atoms with Crippen LogP contribution >= 0.6 is 0 Å². The molecular weight excluding hydrogens is 350 g/mol. The van der Waals surface area contributed by atoms with E-state index < -0.39 is 30.2 Å². The summed E-state index contributed by atoms with van der Waals surface area (Å²) < 4.78 is 4.93. The number of ketones is 1. The number of benzene rings is 1. The summed E-state index contributed by atoms with van der Waals surface area (Å²) in [6, 6.07) is 5.00. The van der Waals surface area contributed by atoms with Crippen molar-refractivity contribution in [3.05, 3.63) is 52.9 Å². The Kier molecular flexibility index (Phi) is 6.46. The topological polar surface area (TPSA) is 113 Å². The summed E-state index contributed by atoms with van der Waals surface area (Å²) >= 11 is 0. The van der Waals surface area contributed by atoms with Crippen LogP contribution in [-0.2, 0) is 9.59 Å². The molecule has 140 valence electrons. The summed E-state index contributed by atoms with van der Waals surface area (Å²) in [7, 11) is 2.68. The zero-order chi connectivity index (χ0) is 20.0. The molecule has 2 aromatic rings. The number of nitrogens with zero attached hydrogens (tertiary/aromatic N) is 2. The van der Waals surface area contributed by atoms with E-state index in [2.05, 4.69) is 22.3 Å². The Morgan fingerprint density at radius 1 is 1.26 bits per heavy atom. The van der Waals surface area contributed by atoms with Gasteiger partial charge in [0.25, 0.3) is 5.91 Å². The average molecular weight is 369 g/mol. The third kappa shape index (κ3) is 4.59. The van der Waals surface area contributed by atoms with Gasteiger partial charge in [-0.15, -0.1) is 0 Å². The van der Waals surface area contributed by atoms with Gasteiger partial charge in [0, 0.05) is 25.2 Å². The number of aryl methyl sites for hydroxylation is 1. The van der Waals surface area contributed by atoms with Gasteiger partial charge in [0.1, 0.15) is 12.4 Å². The lowest BCUT2D eigenvalue weighted by molar-refractivity contribution is -0.135. The molecule has 0 spiro atoms. The normalized spacial score (nSPS) is 11.1. The zero-order valence-electron chi connectivity index (χ0n) is 15.1. The van der Waals surface area contributed by atoms with Crippen molar-refractivity contribution in [3.63, 3.8) is 0 Å². The minimum Gasteiger partial charge on any atom is -0.388 e. The number of hydrogen-bond acceptors (Lipinski definition) is 6. The Balaban J connectivity index is 2.19. The fourth-order valence-electron chi connectivity index (χ4n) is 2.34. The molecule has 2 N–H and O–H groups in total. The molecule has 1 aromatic carbocycles. The van der Waals surface area contributed by atoms with Crippen molar-refractivity contribution < 1.29 is 24.0 Å². The highest BCUT2D eigenvalue weighted by Crippen LogP contribution is 2.10. The summed E-state index contributed by atoms with van der Waals surface area (Å²) in [5.74, 6) is 4.50. The number of likely N-dealkylation sites (N-methyl/N-ethyl adjacent to an activating group) is 2. The van der Waals surface area contributed by atoms with Gasteiger partial charge in [0.15, 0.2) is 11.8 Å². The van der Waals surface area contributed by atoms with Crippen molar-refractivity contribution >= 4 is 17.6 Å². The summed E-state index contributed by atoms with van der Waals surface area (Å²) in [4.78, 5) is 37.3. The van der Waals surface area contributed by atoms with Gasteiger partial charge in [0.05, 0.1) is 11.8 Å². The van der Waals surface area contributed by atoms with Gasteiger partial charge in [0.2, 0.25) is 5.91 Å². The molecule has 0 saturated carbocycles. The Bertz CT molecular complexity index is 889. The van der Waals surface area contributed by atoms with E-state index in [1.165, 1.54) is 20.3 Å². The van der Waals surface area contributed by atoms with Crippen LogP contribution in [-0.4, -0.2) is 59.5 Å². The van der Waals surface area contributed by atoms with Crippen LogP contribution in [0, 0.1) is 18.8 Å². The molecule has 0 aliphatic rings. The number of aliphatic hydroxyl groups is 1. The number of hydrogen-bond donors (Lipinski definition) is 2. The first kappa shape index (κ1) is 19.9. The van der Waals surface area contributed by atoms with E-state index in [1.807, 2.05) is 0 Å².